The molecule has 0 aromatic heterocycles. The minimum absolute atomic E-state index is 0.127. The van der Waals surface area contributed by atoms with Crippen LogP contribution in [0, 0.1) is 5.82 Å². The Bertz CT molecular complexity index is 729. The first kappa shape index (κ1) is 17.3. The maximum atomic E-state index is 13.4. The highest BCUT2D eigenvalue weighted by Crippen LogP contribution is 2.27. The molecule has 25 heavy (non-hydrogen) atoms. The van der Waals surface area contributed by atoms with E-state index in [1.807, 2.05) is 12.1 Å². The number of aromatic hydroxyl groups is 1. The third kappa shape index (κ3) is 4.50. The van der Waals surface area contributed by atoms with Crippen LogP contribution in [0.3, 0.4) is 0 Å². The summed E-state index contributed by atoms with van der Waals surface area (Å²) < 4.78 is 13.4. The van der Waals surface area contributed by atoms with Gasteiger partial charge in [0.25, 0.3) is 0 Å². The van der Waals surface area contributed by atoms with Crippen molar-refractivity contribution in [3.8, 4) is 5.75 Å². The molecule has 0 heterocycles. The topological polar surface area (TPSA) is 52.6 Å². The Labute approximate surface area is 147 Å². The monoisotopic (exact) mass is 342 g/mol. The molecule has 1 aliphatic carbocycles. The molecular formula is C20H23FN2O2. The van der Waals surface area contributed by atoms with Crippen LogP contribution in [0.1, 0.15) is 37.7 Å². The van der Waals surface area contributed by atoms with E-state index in [4.69, 9.17) is 0 Å². The largest absolute Gasteiger partial charge is 0.508 e. The molecule has 0 bridgehead atoms. The van der Waals surface area contributed by atoms with Gasteiger partial charge in [0, 0.05) is 17.3 Å². The molecule has 132 valence electrons. The Hall–Kier alpha value is -2.56. The Morgan fingerprint density at radius 1 is 1.12 bits per heavy atom. The number of amides is 2. The molecule has 2 aromatic rings. The molecule has 1 aliphatic rings. The molecule has 0 radical (unpaired) electrons. The zero-order chi connectivity index (χ0) is 17.6. The van der Waals surface area contributed by atoms with Gasteiger partial charge < -0.3 is 15.3 Å². The molecule has 1 fully saturated rings. The number of urea groups is 1. The second kappa shape index (κ2) is 8.01. The summed E-state index contributed by atoms with van der Waals surface area (Å²) >= 11 is 0. The van der Waals surface area contributed by atoms with Crippen LogP contribution < -0.4 is 5.32 Å². The number of nitrogens with zero attached hydrogens (tertiary/aromatic N) is 1. The molecule has 0 saturated heterocycles. The van der Waals surface area contributed by atoms with Crippen molar-refractivity contribution < 1.29 is 14.3 Å². The number of hydrogen-bond donors (Lipinski definition) is 2. The van der Waals surface area contributed by atoms with Crippen molar-refractivity contribution in [1.29, 1.82) is 0 Å². The van der Waals surface area contributed by atoms with Gasteiger partial charge in [-0.15, -0.1) is 0 Å². The summed E-state index contributed by atoms with van der Waals surface area (Å²) in [4.78, 5) is 14.6. The number of carbonyl (C=O) groups excluding carboxylic acids is 1. The van der Waals surface area contributed by atoms with Crippen LogP contribution in [0.25, 0.3) is 0 Å². The maximum absolute atomic E-state index is 13.4. The molecule has 4 nitrogen and oxygen atoms in total. The number of benzene rings is 2. The van der Waals surface area contributed by atoms with Gasteiger partial charge >= 0.3 is 6.03 Å². The quantitative estimate of drug-likeness (QED) is 0.830. The van der Waals surface area contributed by atoms with Gasteiger partial charge in [-0.05, 0) is 37.1 Å². The molecule has 2 amide bonds. The van der Waals surface area contributed by atoms with Crippen LogP contribution in [0.4, 0.5) is 14.9 Å². The molecular weight excluding hydrogens is 319 g/mol. The second-order valence-corrected chi connectivity index (χ2v) is 6.49. The first-order chi connectivity index (χ1) is 12.1. The van der Waals surface area contributed by atoms with Crippen molar-refractivity contribution >= 4 is 11.7 Å². The number of hydrogen-bond acceptors (Lipinski definition) is 2. The summed E-state index contributed by atoms with van der Waals surface area (Å²) in [5, 5.41) is 12.8. The average molecular weight is 342 g/mol. The van der Waals surface area contributed by atoms with Gasteiger partial charge in [0.1, 0.15) is 11.6 Å². The third-order valence-corrected chi connectivity index (χ3v) is 4.68. The number of phenolic OH excluding ortho intramolecular Hbond substituents is 1. The van der Waals surface area contributed by atoms with Gasteiger partial charge in [-0.1, -0.05) is 43.5 Å². The summed E-state index contributed by atoms with van der Waals surface area (Å²) in [6.45, 7) is 0.332. The van der Waals surface area contributed by atoms with E-state index >= 15 is 0 Å². The number of carbonyl (C=O) groups is 1. The zero-order valence-corrected chi connectivity index (χ0v) is 14.1. The van der Waals surface area contributed by atoms with Gasteiger partial charge in [0.2, 0.25) is 0 Å². The van der Waals surface area contributed by atoms with Crippen molar-refractivity contribution in [1.82, 2.24) is 4.90 Å². The van der Waals surface area contributed by atoms with Crippen LogP contribution in [-0.2, 0) is 6.54 Å². The second-order valence-electron chi connectivity index (χ2n) is 6.49. The highest BCUT2D eigenvalue weighted by Gasteiger charge is 2.26. The lowest BCUT2D eigenvalue weighted by atomic mass is 9.94. The first-order valence-corrected chi connectivity index (χ1v) is 8.73. The summed E-state index contributed by atoms with van der Waals surface area (Å²) in [5.41, 5.74) is 1.14. The van der Waals surface area contributed by atoms with E-state index in [9.17, 15) is 14.3 Å². The molecule has 3 rings (SSSR count). The first-order valence-electron chi connectivity index (χ1n) is 8.73. The Kier molecular flexibility index (Phi) is 5.53. The molecule has 0 atom stereocenters. The predicted octanol–water partition coefficient (Wildman–Crippen LogP) is 4.90. The Morgan fingerprint density at radius 2 is 1.88 bits per heavy atom. The summed E-state index contributed by atoms with van der Waals surface area (Å²) in [5.74, 6) is -0.204. The smallest absolute Gasteiger partial charge is 0.322 e. The highest BCUT2D eigenvalue weighted by molar-refractivity contribution is 5.89. The van der Waals surface area contributed by atoms with Crippen molar-refractivity contribution in [2.75, 3.05) is 5.32 Å². The number of halogens is 1. The van der Waals surface area contributed by atoms with Crippen molar-refractivity contribution in [2.24, 2.45) is 0 Å². The Balaban J connectivity index is 1.79. The van der Waals surface area contributed by atoms with E-state index in [2.05, 4.69) is 5.32 Å². The molecule has 5 heteroatoms. The lowest BCUT2D eigenvalue weighted by Gasteiger charge is -2.34. The number of rotatable bonds is 4. The fraction of sp³-hybridized carbons (Fsp3) is 0.350. The fourth-order valence-electron chi connectivity index (χ4n) is 3.35. The normalized spacial score (nSPS) is 14.9. The van der Waals surface area contributed by atoms with Crippen molar-refractivity contribution in [2.45, 2.75) is 44.7 Å². The van der Waals surface area contributed by atoms with Gasteiger partial charge in [-0.2, -0.15) is 0 Å². The van der Waals surface area contributed by atoms with Gasteiger partial charge in [-0.3, -0.25) is 0 Å². The van der Waals surface area contributed by atoms with Crippen LogP contribution in [0.2, 0.25) is 0 Å². The number of phenols is 1. The highest BCUT2D eigenvalue weighted by atomic mass is 19.1. The third-order valence-electron chi connectivity index (χ3n) is 4.68. The lowest BCUT2D eigenvalue weighted by Crippen LogP contribution is -2.43. The van der Waals surface area contributed by atoms with E-state index in [1.165, 1.54) is 18.6 Å². The van der Waals surface area contributed by atoms with E-state index in [0.29, 0.717) is 17.8 Å². The van der Waals surface area contributed by atoms with Crippen LogP contribution in [0.15, 0.2) is 48.5 Å². The average Bonchev–Trinajstić information content (AvgIpc) is 2.61. The SMILES string of the molecule is O=C(Nc1cccc(F)c1)N(Cc1ccccc1O)C1CCCCC1. The van der Waals surface area contributed by atoms with Crippen LogP contribution >= 0.6 is 0 Å². The van der Waals surface area contributed by atoms with E-state index in [0.717, 1.165) is 25.7 Å². The summed E-state index contributed by atoms with van der Waals surface area (Å²) in [7, 11) is 0. The zero-order valence-electron chi connectivity index (χ0n) is 14.1. The molecule has 1 saturated carbocycles. The summed E-state index contributed by atoms with van der Waals surface area (Å²) in [6.07, 6.45) is 5.27. The standard InChI is InChI=1S/C20H23FN2O2/c21-16-8-6-9-17(13-16)22-20(25)23(18-10-2-1-3-11-18)14-15-7-4-5-12-19(15)24/h4-9,12-13,18,24H,1-3,10-11,14H2,(H,22,25). The summed E-state index contributed by atoms with van der Waals surface area (Å²) in [6, 6.07) is 12.8. The number of anilines is 1. The van der Waals surface area contributed by atoms with Crippen molar-refractivity contribution in [3.63, 3.8) is 0 Å². The lowest BCUT2D eigenvalue weighted by molar-refractivity contribution is 0.162. The molecule has 2 N–H and O–H groups in total. The molecule has 0 aliphatic heterocycles. The molecule has 0 spiro atoms. The molecule has 0 unspecified atom stereocenters. The van der Waals surface area contributed by atoms with Crippen molar-refractivity contribution in [3.05, 3.63) is 59.9 Å². The fourth-order valence-corrected chi connectivity index (χ4v) is 3.35. The number of nitrogens with one attached hydrogen (secondary N) is 1. The maximum Gasteiger partial charge on any atom is 0.322 e. The van der Waals surface area contributed by atoms with Gasteiger partial charge in [0.15, 0.2) is 0 Å². The molecule has 2 aromatic carbocycles. The van der Waals surface area contributed by atoms with Gasteiger partial charge in [-0.25, -0.2) is 9.18 Å². The van der Waals surface area contributed by atoms with Crippen LogP contribution in [-0.4, -0.2) is 22.1 Å². The number of para-hydroxylation sites is 1. The minimum Gasteiger partial charge on any atom is -0.508 e. The Morgan fingerprint density at radius 3 is 2.60 bits per heavy atom. The van der Waals surface area contributed by atoms with Gasteiger partial charge in [0.05, 0.1) is 6.54 Å². The van der Waals surface area contributed by atoms with E-state index in [1.54, 1.807) is 29.2 Å². The van der Waals surface area contributed by atoms with E-state index in [-0.39, 0.29) is 23.6 Å². The van der Waals surface area contributed by atoms with Crippen LogP contribution in [0.5, 0.6) is 5.75 Å². The minimum atomic E-state index is -0.386. The van der Waals surface area contributed by atoms with E-state index < -0.39 is 0 Å². The predicted molar refractivity (Wildman–Crippen MR) is 95.9 cm³/mol.